The SMILES string of the molecule is CO[C@H]1CN(C(=O)c2nn(-c3ccccc3Cl)c(-c3ccc(Cl)cc3)c2CC(=O)O)CC[C@@H]1c1ccccc1. The second-order valence-electron chi connectivity index (χ2n) is 9.45. The van der Waals surface area contributed by atoms with Crippen molar-refractivity contribution in [2.45, 2.75) is 24.9 Å². The van der Waals surface area contributed by atoms with Gasteiger partial charge in [0.05, 0.1) is 28.9 Å². The molecular formula is C30H27Cl2N3O4. The number of methoxy groups -OCH3 is 1. The monoisotopic (exact) mass is 563 g/mol. The number of aromatic nitrogens is 2. The first-order chi connectivity index (χ1) is 18.9. The molecule has 200 valence electrons. The summed E-state index contributed by atoms with van der Waals surface area (Å²) in [6.45, 7) is 0.844. The first-order valence-electron chi connectivity index (χ1n) is 12.6. The summed E-state index contributed by atoms with van der Waals surface area (Å²) in [6, 6.07) is 24.2. The van der Waals surface area contributed by atoms with Gasteiger partial charge in [-0.05, 0) is 36.2 Å². The summed E-state index contributed by atoms with van der Waals surface area (Å²) in [4.78, 5) is 27.8. The number of amides is 1. The van der Waals surface area contributed by atoms with Gasteiger partial charge in [-0.15, -0.1) is 0 Å². The van der Waals surface area contributed by atoms with Gasteiger partial charge in [0.2, 0.25) is 0 Å². The Labute approximate surface area is 236 Å². The number of halogens is 2. The number of carbonyl (C=O) groups is 2. The van der Waals surface area contributed by atoms with Crippen LogP contribution in [0.1, 0.15) is 34.0 Å². The van der Waals surface area contributed by atoms with Gasteiger partial charge in [-0.2, -0.15) is 5.10 Å². The fourth-order valence-corrected chi connectivity index (χ4v) is 5.56. The van der Waals surface area contributed by atoms with E-state index in [9.17, 15) is 14.7 Å². The van der Waals surface area contributed by atoms with Crippen LogP contribution in [0.4, 0.5) is 0 Å². The van der Waals surface area contributed by atoms with Crippen LogP contribution < -0.4 is 0 Å². The predicted molar refractivity (Wildman–Crippen MR) is 151 cm³/mol. The average Bonchev–Trinajstić information content (AvgIpc) is 3.31. The Morgan fingerprint density at radius 1 is 1.00 bits per heavy atom. The molecule has 1 aliphatic rings. The molecule has 9 heteroatoms. The number of para-hydroxylation sites is 1. The Balaban J connectivity index is 1.59. The smallest absolute Gasteiger partial charge is 0.307 e. The summed E-state index contributed by atoms with van der Waals surface area (Å²) in [7, 11) is 1.65. The zero-order valence-electron chi connectivity index (χ0n) is 21.3. The van der Waals surface area contributed by atoms with Gasteiger partial charge in [0.25, 0.3) is 5.91 Å². The van der Waals surface area contributed by atoms with E-state index >= 15 is 0 Å². The number of likely N-dealkylation sites (tertiary alicyclic amines) is 1. The third-order valence-corrected chi connectivity index (χ3v) is 7.66. The number of nitrogens with zero attached hydrogens (tertiary/aromatic N) is 3. The molecule has 2 heterocycles. The van der Waals surface area contributed by atoms with Crippen LogP contribution in [0.15, 0.2) is 78.9 Å². The highest BCUT2D eigenvalue weighted by molar-refractivity contribution is 6.32. The number of carbonyl (C=O) groups excluding carboxylic acids is 1. The lowest BCUT2D eigenvalue weighted by atomic mass is 9.86. The van der Waals surface area contributed by atoms with Crippen LogP contribution in [-0.4, -0.2) is 58.0 Å². The standard InChI is InChI=1S/C30H27Cl2N3O4/c1-39-26-18-34(16-15-22(26)19-7-3-2-4-8-19)30(38)28-23(17-27(36)37)29(20-11-13-21(31)14-12-20)35(33-28)25-10-6-5-9-24(25)32/h2-14,22,26H,15-18H2,1H3,(H,36,37)/t22-,26+/m1/s1. The van der Waals surface area contributed by atoms with Gasteiger partial charge in [-0.3, -0.25) is 9.59 Å². The van der Waals surface area contributed by atoms with Crippen molar-refractivity contribution in [2.75, 3.05) is 20.2 Å². The summed E-state index contributed by atoms with van der Waals surface area (Å²) in [5.41, 5.74) is 3.24. The lowest BCUT2D eigenvalue weighted by Crippen LogP contribution is -2.46. The molecular weight excluding hydrogens is 537 g/mol. The number of carboxylic acid groups (broad SMARTS) is 1. The molecule has 1 N–H and O–H groups in total. The molecule has 3 aromatic carbocycles. The molecule has 1 amide bonds. The van der Waals surface area contributed by atoms with Gasteiger partial charge in [0.1, 0.15) is 0 Å². The van der Waals surface area contributed by atoms with Gasteiger partial charge in [0, 0.05) is 42.3 Å². The number of benzene rings is 3. The maximum atomic E-state index is 14.0. The highest BCUT2D eigenvalue weighted by Gasteiger charge is 2.36. The molecule has 5 rings (SSSR count). The van der Waals surface area contributed by atoms with Crippen LogP contribution in [0.25, 0.3) is 16.9 Å². The Morgan fingerprint density at radius 2 is 1.69 bits per heavy atom. The van der Waals surface area contributed by atoms with Crippen molar-refractivity contribution in [2.24, 2.45) is 0 Å². The molecule has 0 aliphatic carbocycles. The largest absolute Gasteiger partial charge is 0.481 e. The third kappa shape index (κ3) is 5.57. The maximum Gasteiger partial charge on any atom is 0.307 e. The van der Waals surface area contributed by atoms with Gasteiger partial charge in [0.15, 0.2) is 5.69 Å². The highest BCUT2D eigenvalue weighted by Crippen LogP contribution is 2.35. The summed E-state index contributed by atoms with van der Waals surface area (Å²) in [5.74, 6) is -1.28. The molecule has 0 saturated carbocycles. The van der Waals surface area contributed by atoms with E-state index in [-0.39, 0.29) is 23.6 Å². The van der Waals surface area contributed by atoms with Crippen LogP contribution >= 0.6 is 23.2 Å². The third-order valence-electron chi connectivity index (χ3n) is 7.09. The van der Waals surface area contributed by atoms with E-state index in [0.29, 0.717) is 52.1 Å². The molecule has 0 spiro atoms. The first kappa shape index (κ1) is 26.9. The lowest BCUT2D eigenvalue weighted by molar-refractivity contribution is -0.136. The summed E-state index contributed by atoms with van der Waals surface area (Å²) < 4.78 is 7.38. The molecule has 0 bridgehead atoms. The van der Waals surface area contributed by atoms with E-state index in [1.165, 1.54) is 0 Å². The number of piperidine rings is 1. The van der Waals surface area contributed by atoms with E-state index in [1.807, 2.05) is 24.3 Å². The first-order valence-corrected chi connectivity index (χ1v) is 13.3. The average molecular weight is 564 g/mol. The molecule has 1 fully saturated rings. The second kappa shape index (κ2) is 11.6. The quantitative estimate of drug-likeness (QED) is 0.293. The molecule has 1 aromatic heterocycles. The lowest BCUT2D eigenvalue weighted by Gasteiger charge is -2.38. The van der Waals surface area contributed by atoms with E-state index in [4.69, 9.17) is 33.0 Å². The van der Waals surface area contributed by atoms with Crippen molar-refractivity contribution in [1.29, 1.82) is 0 Å². The Morgan fingerprint density at radius 3 is 2.36 bits per heavy atom. The summed E-state index contributed by atoms with van der Waals surface area (Å²) in [6.07, 6.45) is 0.101. The molecule has 0 radical (unpaired) electrons. The predicted octanol–water partition coefficient (Wildman–Crippen LogP) is 6.12. The molecule has 7 nitrogen and oxygen atoms in total. The maximum absolute atomic E-state index is 14.0. The molecule has 1 aliphatic heterocycles. The minimum atomic E-state index is -1.07. The van der Waals surface area contributed by atoms with Crippen molar-refractivity contribution < 1.29 is 19.4 Å². The van der Waals surface area contributed by atoms with Crippen LogP contribution in [0.5, 0.6) is 0 Å². The molecule has 39 heavy (non-hydrogen) atoms. The van der Waals surface area contributed by atoms with E-state index < -0.39 is 12.4 Å². The topological polar surface area (TPSA) is 84.7 Å². The number of hydrogen-bond acceptors (Lipinski definition) is 4. The van der Waals surface area contributed by atoms with E-state index in [1.54, 1.807) is 59.2 Å². The summed E-state index contributed by atoms with van der Waals surface area (Å²) in [5, 5.41) is 15.5. The van der Waals surface area contributed by atoms with Gasteiger partial charge in [-0.1, -0.05) is 77.8 Å². The number of carboxylic acids is 1. The van der Waals surface area contributed by atoms with E-state index in [0.717, 1.165) is 5.56 Å². The van der Waals surface area contributed by atoms with Gasteiger partial charge >= 0.3 is 5.97 Å². The Bertz CT molecular complexity index is 1490. The van der Waals surface area contributed by atoms with Crippen molar-refractivity contribution in [1.82, 2.24) is 14.7 Å². The minimum Gasteiger partial charge on any atom is -0.481 e. The Hall–Kier alpha value is -3.65. The van der Waals surface area contributed by atoms with Crippen molar-refractivity contribution >= 4 is 35.1 Å². The van der Waals surface area contributed by atoms with Gasteiger partial charge < -0.3 is 14.7 Å². The van der Waals surface area contributed by atoms with Crippen LogP contribution in [0.2, 0.25) is 10.0 Å². The van der Waals surface area contributed by atoms with Crippen molar-refractivity contribution in [3.05, 3.63) is 106 Å². The molecule has 1 saturated heterocycles. The highest BCUT2D eigenvalue weighted by atomic mass is 35.5. The van der Waals surface area contributed by atoms with Crippen molar-refractivity contribution in [3.63, 3.8) is 0 Å². The fourth-order valence-electron chi connectivity index (χ4n) is 5.21. The molecule has 4 aromatic rings. The van der Waals surface area contributed by atoms with Crippen LogP contribution in [0, 0.1) is 0 Å². The zero-order valence-corrected chi connectivity index (χ0v) is 22.8. The zero-order chi connectivity index (χ0) is 27.5. The van der Waals surface area contributed by atoms with Crippen molar-refractivity contribution in [3.8, 4) is 16.9 Å². The molecule has 2 atom stereocenters. The summed E-state index contributed by atoms with van der Waals surface area (Å²) >= 11 is 12.7. The number of rotatable bonds is 7. The number of hydrogen-bond donors (Lipinski definition) is 1. The van der Waals surface area contributed by atoms with Crippen LogP contribution in [-0.2, 0) is 16.0 Å². The fraction of sp³-hybridized carbons (Fsp3) is 0.233. The Kier molecular flexibility index (Phi) is 8.02. The number of aliphatic carboxylic acids is 1. The molecule has 0 unspecified atom stereocenters. The number of ether oxygens (including phenoxy) is 1. The normalized spacial score (nSPS) is 17.3. The second-order valence-corrected chi connectivity index (χ2v) is 10.3. The van der Waals surface area contributed by atoms with E-state index in [2.05, 4.69) is 12.1 Å². The van der Waals surface area contributed by atoms with Crippen LogP contribution in [0.3, 0.4) is 0 Å². The van der Waals surface area contributed by atoms with Gasteiger partial charge in [-0.25, -0.2) is 4.68 Å². The minimum absolute atomic E-state index is 0.0790.